The monoisotopic (exact) mass is 284 g/mol. The van der Waals surface area contributed by atoms with E-state index in [2.05, 4.69) is 10.2 Å². The van der Waals surface area contributed by atoms with Gasteiger partial charge in [-0.1, -0.05) is 12.1 Å². The standard InChI is InChI=1S/C13H8N4O4/c18-13(19)9-4-5-16-11(7-9)14-15-12(16)8-2-1-3-10(6-8)17(20)21/h1-7H,(H,18,19). The van der Waals surface area contributed by atoms with Gasteiger partial charge in [0.05, 0.1) is 10.5 Å². The molecule has 0 radical (unpaired) electrons. The summed E-state index contributed by atoms with van der Waals surface area (Å²) in [4.78, 5) is 21.2. The number of carbonyl (C=O) groups is 1. The number of carboxylic acids is 1. The van der Waals surface area contributed by atoms with Crippen LogP contribution in [0.2, 0.25) is 0 Å². The minimum Gasteiger partial charge on any atom is -0.478 e. The zero-order valence-electron chi connectivity index (χ0n) is 10.5. The molecule has 0 bridgehead atoms. The van der Waals surface area contributed by atoms with E-state index >= 15 is 0 Å². The Morgan fingerprint density at radius 2 is 2.05 bits per heavy atom. The van der Waals surface area contributed by atoms with Crippen LogP contribution in [0.1, 0.15) is 10.4 Å². The molecular weight excluding hydrogens is 276 g/mol. The Kier molecular flexibility index (Phi) is 2.83. The predicted molar refractivity (Wildman–Crippen MR) is 72.0 cm³/mol. The Morgan fingerprint density at radius 3 is 2.76 bits per heavy atom. The summed E-state index contributed by atoms with van der Waals surface area (Å²) in [6.45, 7) is 0. The number of hydrogen-bond donors (Lipinski definition) is 1. The predicted octanol–water partition coefficient (Wildman–Crippen LogP) is 2.00. The highest BCUT2D eigenvalue weighted by Crippen LogP contribution is 2.23. The fraction of sp³-hybridized carbons (Fsp3) is 0. The fourth-order valence-corrected chi connectivity index (χ4v) is 1.98. The van der Waals surface area contributed by atoms with Gasteiger partial charge in [-0.25, -0.2) is 4.79 Å². The van der Waals surface area contributed by atoms with E-state index in [4.69, 9.17) is 5.11 Å². The summed E-state index contributed by atoms with van der Waals surface area (Å²) in [5.41, 5.74) is 0.933. The van der Waals surface area contributed by atoms with Gasteiger partial charge in [-0.05, 0) is 12.1 Å². The van der Waals surface area contributed by atoms with Gasteiger partial charge >= 0.3 is 5.97 Å². The highest BCUT2D eigenvalue weighted by Gasteiger charge is 2.13. The van der Waals surface area contributed by atoms with Crippen molar-refractivity contribution in [3.05, 3.63) is 58.3 Å². The molecule has 8 nitrogen and oxygen atoms in total. The van der Waals surface area contributed by atoms with Crippen molar-refractivity contribution in [1.82, 2.24) is 14.6 Å². The Morgan fingerprint density at radius 1 is 1.24 bits per heavy atom. The van der Waals surface area contributed by atoms with Crippen molar-refractivity contribution >= 4 is 17.3 Å². The first-order chi connectivity index (χ1) is 10.1. The molecule has 0 aliphatic rings. The number of nitrogens with zero attached hydrogens (tertiary/aromatic N) is 4. The Balaban J connectivity index is 2.15. The summed E-state index contributed by atoms with van der Waals surface area (Å²) in [5.74, 6) is -0.650. The number of fused-ring (bicyclic) bond motifs is 1. The average Bonchev–Trinajstić information content (AvgIpc) is 2.90. The van der Waals surface area contributed by atoms with Crippen LogP contribution in [-0.2, 0) is 0 Å². The maximum atomic E-state index is 10.9. The van der Waals surface area contributed by atoms with Crippen molar-refractivity contribution in [1.29, 1.82) is 0 Å². The molecule has 3 aromatic rings. The molecule has 0 amide bonds. The third-order valence-electron chi connectivity index (χ3n) is 2.97. The molecule has 2 heterocycles. The lowest BCUT2D eigenvalue weighted by Gasteiger charge is -2.01. The number of aromatic nitrogens is 3. The van der Waals surface area contributed by atoms with E-state index in [0.29, 0.717) is 17.0 Å². The minimum absolute atomic E-state index is 0.0496. The summed E-state index contributed by atoms with van der Waals surface area (Å²) in [6.07, 6.45) is 1.52. The lowest BCUT2D eigenvalue weighted by molar-refractivity contribution is -0.384. The highest BCUT2D eigenvalue weighted by atomic mass is 16.6. The maximum absolute atomic E-state index is 10.9. The molecule has 1 N–H and O–H groups in total. The third-order valence-corrected chi connectivity index (χ3v) is 2.97. The number of pyridine rings is 1. The lowest BCUT2D eigenvalue weighted by Crippen LogP contribution is -1.98. The van der Waals surface area contributed by atoms with E-state index in [1.807, 2.05) is 0 Å². The van der Waals surface area contributed by atoms with Gasteiger partial charge in [-0.2, -0.15) is 0 Å². The second kappa shape index (κ2) is 4.67. The van der Waals surface area contributed by atoms with Crippen LogP contribution in [0.5, 0.6) is 0 Å². The quantitative estimate of drug-likeness (QED) is 0.581. The van der Waals surface area contributed by atoms with Crippen LogP contribution in [0, 0.1) is 10.1 Å². The number of aromatic carboxylic acids is 1. The van der Waals surface area contributed by atoms with E-state index < -0.39 is 10.9 Å². The molecule has 2 aromatic heterocycles. The van der Waals surface area contributed by atoms with Crippen LogP contribution in [0.15, 0.2) is 42.6 Å². The van der Waals surface area contributed by atoms with E-state index in [0.717, 1.165) is 0 Å². The number of carboxylic acid groups (broad SMARTS) is 1. The lowest BCUT2D eigenvalue weighted by atomic mass is 10.2. The molecule has 104 valence electrons. The largest absolute Gasteiger partial charge is 0.478 e. The molecule has 0 unspecified atom stereocenters. The Bertz CT molecular complexity index is 871. The van der Waals surface area contributed by atoms with Gasteiger partial charge in [0.1, 0.15) is 0 Å². The molecule has 1 aromatic carbocycles. The molecule has 21 heavy (non-hydrogen) atoms. The molecule has 8 heteroatoms. The van der Waals surface area contributed by atoms with Crippen molar-refractivity contribution in [3.8, 4) is 11.4 Å². The average molecular weight is 284 g/mol. The van der Waals surface area contributed by atoms with Crippen LogP contribution in [0.3, 0.4) is 0 Å². The molecule has 0 fully saturated rings. The van der Waals surface area contributed by atoms with Crippen molar-refractivity contribution < 1.29 is 14.8 Å². The van der Waals surface area contributed by atoms with E-state index in [-0.39, 0.29) is 11.3 Å². The van der Waals surface area contributed by atoms with Gasteiger partial charge in [0.2, 0.25) is 0 Å². The van der Waals surface area contributed by atoms with Gasteiger partial charge in [0, 0.05) is 23.9 Å². The first-order valence-electron chi connectivity index (χ1n) is 5.89. The molecule has 3 rings (SSSR count). The molecular formula is C13H8N4O4. The zero-order chi connectivity index (χ0) is 15.0. The van der Waals surface area contributed by atoms with Crippen LogP contribution < -0.4 is 0 Å². The zero-order valence-corrected chi connectivity index (χ0v) is 10.5. The number of nitro groups is 1. The Labute approximate surface area is 117 Å². The van der Waals surface area contributed by atoms with Crippen molar-refractivity contribution in [2.24, 2.45) is 0 Å². The summed E-state index contributed by atoms with van der Waals surface area (Å²) in [7, 11) is 0. The summed E-state index contributed by atoms with van der Waals surface area (Å²) >= 11 is 0. The van der Waals surface area contributed by atoms with Crippen molar-refractivity contribution in [2.45, 2.75) is 0 Å². The molecule has 0 atom stereocenters. The molecule has 0 aliphatic carbocycles. The van der Waals surface area contributed by atoms with E-state index in [1.54, 1.807) is 16.5 Å². The maximum Gasteiger partial charge on any atom is 0.335 e. The van der Waals surface area contributed by atoms with Crippen molar-refractivity contribution in [3.63, 3.8) is 0 Å². The van der Waals surface area contributed by atoms with Crippen LogP contribution in [-0.4, -0.2) is 30.6 Å². The van der Waals surface area contributed by atoms with E-state index in [9.17, 15) is 14.9 Å². The smallest absolute Gasteiger partial charge is 0.335 e. The molecule has 0 spiro atoms. The van der Waals surface area contributed by atoms with Gasteiger partial charge in [-0.15, -0.1) is 10.2 Å². The number of non-ortho nitro benzene ring substituents is 1. The fourth-order valence-electron chi connectivity index (χ4n) is 1.98. The summed E-state index contributed by atoms with van der Waals surface area (Å²) < 4.78 is 1.57. The third kappa shape index (κ3) is 2.18. The normalized spacial score (nSPS) is 10.7. The first-order valence-corrected chi connectivity index (χ1v) is 5.89. The van der Waals surface area contributed by atoms with Crippen LogP contribution >= 0.6 is 0 Å². The van der Waals surface area contributed by atoms with Gasteiger partial charge in [0.15, 0.2) is 11.5 Å². The molecule has 0 saturated carbocycles. The summed E-state index contributed by atoms with van der Waals surface area (Å²) in [5, 5.41) is 27.6. The molecule has 0 aliphatic heterocycles. The van der Waals surface area contributed by atoms with E-state index in [1.165, 1.54) is 30.5 Å². The second-order valence-corrected chi connectivity index (χ2v) is 4.28. The van der Waals surface area contributed by atoms with Gasteiger partial charge in [-0.3, -0.25) is 14.5 Å². The number of nitro benzene ring substituents is 1. The number of hydrogen-bond acceptors (Lipinski definition) is 5. The first kappa shape index (κ1) is 12.7. The van der Waals surface area contributed by atoms with Crippen molar-refractivity contribution in [2.75, 3.05) is 0 Å². The van der Waals surface area contributed by atoms with Crippen LogP contribution in [0.4, 0.5) is 5.69 Å². The summed E-state index contributed by atoms with van der Waals surface area (Å²) in [6, 6.07) is 8.81. The van der Waals surface area contributed by atoms with Gasteiger partial charge < -0.3 is 5.11 Å². The SMILES string of the molecule is O=C(O)c1ccn2c(-c3cccc([N+](=O)[O-])c3)nnc2c1. The Hall–Kier alpha value is -3.29. The topological polar surface area (TPSA) is 111 Å². The highest BCUT2D eigenvalue weighted by molar-refractivity contribution is 5.88. The second-order valence-electron chi connectivity index (χ2n) is 4.28. The minimum atomic E-state index is -1.06. The molecule has 0 saturated heterocycles. The van der Waals surface area contributed by atoms with Crippen LogP contribution in [0.25, 0.3) is 17.0 Å². The number of benzene rings is 1. The van der Waals surface area contributed by atoms with Gasteiger partial charge in [0.25, 0.3) is 5.69 Å². The number of rotatable bonds is 3.